The van der Waals surface area contributed by atoms with Crippen LogP contribution in [-0.4, -0.2) is 31.6 Å². The Kier molecular flexibility index (Phi) is 4.37. The molecule has 24 heavy (non-hydrogen) atoms. The van der Waals surface area contributed by atoms with Gasteiger partial charge in [0, 0.05) is 12.4 Å². The molecule has 3 rings (SSSR count). The van der Waals surface area contributed by atoms with Crippen molar-refractivity contribution < 1.29 is 9.59 Å². The maximum Gasteiger partial charge on any atom is 0.286 e. The largest absolute Gasteiger partial charge is 0.357 e. The van der Waals surface area contributed by atoms with Gasteiger partial charge >= 0.3 is 0 Å². The third-order valence-corrected chi connectivity index (χ3v) is 3.45. The number of carbonyl (C=O) groups excluding carboxylic acids is 2. The van der Waals surface area contributed by atoms with Crippen molar-refractivity contribution in [1.29, 1.82) is 0 Å². The molecule has 0 unspecified atom stereocenters. The van der Waals surface area contributed by atoms with Crippen molar-refractivity contribution in [2.45, 2.75) is 13.3 Å². The summed E-state index contributed by atoms with van der Waals surface area (Å²) in [6.45, 7) is 1.92. The molecule has 0 radical (unpaired) electrons. The number of amides is 2. The van der Waals surface area contributed by atoms with Crippen LogP contribution in [0.2, 0.25) is 0 Å². The summed E-state index contributed by atoms with van der Waals surface area (Å²) in [7, 11) is 0. The number of aromatic amines is 1. The van der Waals surface area contributed by atoms with Gasteiger partial charge in [-0.25, -0.2) is 9.67 Å². The van der Waals surface area contributed by atoms with Crippen LogP contribution in [0.1, 0.15) is 33.5 Å². The summed E-state index contributed by atoms with van der Waals surface area (Å²) in [6.07, 6.45) is 5.34. The SMILES string of the molecule is CCc1c(C(=O)NNC(=O)c2ccc[nH]2)cnn1-c1ccccn1. The molecule has 122 valence electrons. The Morgan fingerprint density at radius 1 is 1.17 bits per heavy atom. The quantitative estimate of drug-likeness (QED) is 0.628. The van der Waals surface area contributed by atoms with E-state index in [1.807, 2.05) is 19.1 Å². The zero-order chi connectivity index (χ0) is 16.9. The Morgan fingerprint density at radius 3 is 2.67 bits per heavy atom. The summed E-state index contributed by atoms with van der Waals surface area (Å²) in [5, 5.41) is 4.23. The number of H-pyrrole nitrogens is 1. The lowest BCUT2D eigenvalue weighted by Gasteiger charge is -2.08. The molecule has 3 aromatic rings. The minimum atomic E-state index is -0.436. The number of rotatable bonds is 4. The second-order valence-electron chi connectivity index (χ2n) is 4.95. The molecule has 0 spiro atoms. The van der Waals surface area contributed by atoms with Crippen LogP contribution in [0.3, 0.4) is 0 Å². The fourth-order valence-corrected chi connectivity index (χ4v) is 2.30. The second-order valence-corrected chi connectivity index (χ2v) is 4.95. The number of hydrazine groups is 1. The third-order valence-electron chi connectivity index (χ3n) is 3.45. The Morgan fingerprint density at radius 2 is 2.00 bits per heavy atom. The highest BCUT2D eigenvalue weighted by Crippen LogP contribution is 2.13. The highest BCUT2D eigenvalue weighted by Gasteiger charge is 2.18. The summed E-state index contributed by atoms with van der Waals surface area (Å²) in [5.41, 5.74) is 6.21. The second kappa shape index (κ2) is 6.78. The van der Waals surface area contributed by atoms with Crippen molar-refractivity contribution in [1.82, 2.24) is 30.6 Å². The topological polar surface area (TPSA) is 105 Å². The first-order valence-electron chi connectivity index (χ1n) is 7.43. The summed E-state index contributed by atoms with van der Waals surface area (Å²) in [6, 6.07) is 8.77. The number of nitrogens with zero attached hydrogens (tertiary/aromatic N) is 3. The smallest absolute Gasteiger partial charge is 0.286 e. The molecule has 0 atom stereocenters. The van der Waals surface area contributed by atoms with Gasteiger partial charge in [0.15, 0.2) is 5.82 Å². The molecule has 8 heteroatoms. The number of nitrogens with one attached hydrogen (secondary N) is 3. The molecular formula is C16H16N6O2. The molecular weight excluding hydrogens is 308 g/mol. The van der Waals surface area contributed by atoms with Gasteiger partial charge in [-0.15, -0.1) is 0 Å². The number of aromatic nitrogens is 4. The third kappa shape index (κ3) is 3.02. The van der Waals surface area contributed by atoms with E-state index in [1.165, 1.54) is 6.20 Å². The van der Waals surface area contributed by atoms with Crippen molar-refractivity contribution in [2.75, 3.05) is 0 Å². The van der Waals surface area contributed by atoms with Crippen molar-refractivity contribution in [3.63, 3.8) is 0 Å². The number of pyridine rings is 1. The first kappa shape index (κ1) is 15.5. The van der Waals surface area contributed by atoms with Crippen LogP contribution in [0.15, 0.2) is 48.9 Å². The van der Waals surface area contributed by atoms with E-state index < -0.39 is 11.8 Å². The van der Waals surface area contributed by atoms with Gasteiger partial charge in [-0.2, -0.15) is 5.10 Å². The molecule has 0 aromatic carbocycles. The van der Waals surface area contributed by atoms with Crippen LogP contribution in [0.25, 0.3) is 5.82 Å². The van der Waals surface area contributed by atoms with Crippen LogP contribution in [-0.2, 0) is 6.42 Å². The van der Waals surface area contributed by atoms with E-state index in [2.05, 4.69) is 25.9 Å². The van der Waals surface area contributed by atoms with Crippen LogP contribution in [0, 0.1) is 0 Å². The van der Waals surface area contributed by atoms with Gasteiger partial charge in [-0.3, -0.25) is 20.4 Å². The van der Waals surface area contributed by atoms with Gasteiger partial charge in [0.1, 0.15) is 5.69 Å². The fourth-order valence-electron chi connectivity index (χ4n) is 2.30. The average molecular weight is 324 g/mol. The van der Waals surface area contributed by atoms with Crippen molar-refractivity contribution in [2.24, 2.45) is 0 Å². The lowest BCUT2D eigenvalue weighted by molar-refractivity contribution is 0.0843. The summed E-state index contributed by atoms with van der Waals surface area (Å²) >= 11 is 0. The molecule has 0 saturated carbocycles. The predicted octanol–water partition coefficient (Wildman–Crippen LogP) is 1.23. The van der Waals surface area contributed by atoms with Crippen molar-refractivity contribution in [3.05, 3.63) is 65.9 Å². The molecule has 3 N–H and O–H groups in total. The maximum absolute atomic E-state index is 12.3. The van der Waals surface area contributed by atoms with Gasteiger partial charge in [-0.05, 0) is 30.7 Å². The monoisotopic (exact) mass is 324 g/mol. The van der Waals surface area contributed by atoms with Gasteiger partial charge in [0.05, 0.1) is 17.5 Å². The van der Waals surface area contributed by atoms with Crippen LogP contribution >= 0.6 is 0 Å². The minimum Gasteiger partial charge on any atom is -0.357 e. The Balaban J connectivity index is 1.76. The van der Waals surface area contributed by atoms with Crippen LogP contribution in [0.5, 0.6) is 0 Å². The lowest BCUT2D eigenvalue weighted by atomic mass is 10.2. The van der Waals surface area contributed by atoms with Crippen molar-refractivity contribution in [3.8, 4) is 5.82 Å². The maximum atomic E-state index is 12.3. The summed E-state index contributed by atoms with van der Waals surface area (Å²) in [4.78, 5) is 31.2. The molecule has 2 amide bonds. The molecule has 0 fully saturated rings. The zero-order valence-electron chi connectivity index (χ0n) is 13.0. The molecule has 3 heterocycles. The fraction of sp³-hybridized carbons (Fsp3) is 0.125. The van der Waals surface area contributed by atoms with E-state index in [1.54, 1.807) is 35.3 Å². The Labute approximate surface area is 137 Å². The van der Waals surface area contributed by atoms with Crippen molar-refractivity contribution >= 4 is 11.8 Å². The van der Waals surface area contributed by atoms with Crippen LogP contribution in [0.4, 0.5) is 0 Å². The molecule has 3 aromatic heterocycles. The highest BCUT2D eigenvalue weighted by atomic mass is 16.2. The normalized spacial score (nSPS) is 10.4. The summed E-state index contributed by atoms with van der Waals surface area (Å²) < 4.78 is 1.61. The van der Waals surface area contributed by atoms with E-state index >= 15 is 0 Å². The Hall–Kier alpha value is -3.42. The molecule has 0 aliphatic carbocycles. The van der Waals surface area contributed by atoms with E-state index in [9.17, 15) is 9.59 Å². The summed E-state index contributed by atoms with van der Waals surface area (Å²) in [5.74, 6) is -0.235. The Bertz CT molecular complexity index is 839. The van der Waals surface area contributed by atoms with E-state index in [4.69, 9.17) is 0 Å². The van der Waals surface area contributed by atoms with Gasteiger partial charge in [0.2, 0.25) is 0 Å². The molecule has 0 aliphatic heterocycles. The lowest BCUT2D eigenvalue weighted by Crippen LogP contribution is -2.42. The molecule has 0 saturated heterocycles. The van der Waals surface area contributed by atoms with Gasteiger partial charge in [0.25, 0.3) is 11.8 Å². The van der Waals surface area contributed by atoms with E-state index in [-0.39, 0.29) is 0 Å². The van der Waals surface area contributed by atoms with Crippen LogP contribution < -0.4 is 10.9 Å². The predicted molar refractivity (Wildman–Crippen MR) is 86.5 cm³/mol. The number of hydrogen-bond donors (Lipinski definition) is 3. The average Bonchev–Trinajstić information content (AvgIpc) is 3.29. The molecule has 0 bridgehead atoms. The molecule has 8 nitrogen and oxygen atoms in total. The minimum absolute atomic E-state index is 0.357. The standard InChI is InChI=1S/C16H16N6O2/c1-2-13-11(10-19-22(13)14-7-3-4-8-18-14)15(23)20-21-16(24)12-6-5-9-17-12/h3-10,17H,2H2,1H3,(H,20,23)(H,21,24). The number of hydrogen-bond acceptors (Lipinski definition) is 4. The van der Waals surface area contributed by atoms with E-state index in [0.29, 0.717) is 29.2 Å². The number of carbonyl (C=O) groups is 2. The first-order chi connectivity index (χ1) is 11.7. The van der Waals surface area contributed by atoms with Gasteiger partial charge < -0.3 is 4.98 Å². The van der Waals surface area contributed by atoms with E-state index in [0.717, 1.165) is 0 Å². The zero-order valence-corrected chi connectivity index (χ0v) is 13.0. The van der Waals surface area contributed by atoms with Gasteiger partial charge in [-0.1, -0.05) is 13.0 Å². The molecule has 0 aliphatic rings. The highest BCUT2D eigenvalue weighted by molar-refractivity contribution is 5.98. The first-order valence-corrected chi connectivity index (χ1v) is 7.43.